The zero-order valence-electron chi connectivity index (χ0n) is 17.0. The first-order valence-corrected chi connectivity index (χ1v) is 9.71. The lowest BCUT2D eigenvalue weighted by Gasteiger charge is -2.28. The van der Waals surface area contributed by atoms with Gasteiger partial charge in [-0.1, -0.05) is 91.0 Å². The van der Waals surface area contributed by atoms with Crippen molar-refractivity contribution in [1.29, 1.82) is 0 Å². The van der Waals surface area contributed by atoms with E-state index >= 15 is 0 Å². The van der Waals surface area contributed by atoms with Crippen LogP contribution in [0, 0.1) is 0 Å². The molecule has 0 bridgehead atoms. The maximum Gasteiger partial charge on any atom is 0.329 e. The number of ether oxygens (including phenoxy) is 2. The highest BCUT2D eigenvalue weighted by Gasteiger charge is 2.35. The molecule has 2 atom stereocenters. The third-order valence-corrected chi connectivity index (χ3v) is 4.98. The third-order valence-electron chi connectivity index (χ3n) is 4.98. The number of methoxy groups -OCH3 is 2. The molecule has 5 heteroatoms. The number of hydrogen-bond acceptors (Lipinski definition) is 4. The summed E-state index contributed by atoms with van der Waals surface area (Å²) in [5, 5.41) is 2.88. The van der Waals surface area contributed by atoms with Gasteiger partial charge in [0.1, 0.15) is 6.04 Å². The predicted octanol–water partition coefficient (Wildman–Crippen LogP) is 3.86. The first kappa shape index (κ1) is 21.3. The Hall–Kier alpha value is -3.44. The van der Waals surface area contributed by atoms with Gasteiger partial charge in [0.05, 0.1) is 7.11 Å². The smallest absolute Gasteiger partial charge is 0.329 e. The predicted molar refractivity (Wildman–Crippen MR) is 115 cm³/mol. The van der Waals surface area contributed by atoms with Gasteiger partial charge in [-0.25, -0.2) is 4.79 Å². The van der Waals surface area contributed by atoms with Crippen molar-refractivity contribution in [3.8, 4) is 0 Å². The van der Waals surface area contributed by atoms with Crippen LogP contribution in [0.3, 0.4) is 0 Å². The summed E-state index contributed by atoms with van der Waals surface area (Å²) in [5.74, 6) is -1.35. The number of carbonyl (C=O) groups excluding carboxylic acids is 2. The molecule has 3 aromatic carbocycles. The molecule has 5 nitrogen and oxygen atoms in total. The minimum Gasteiger partial charge on any atom is -0.467 e. The van der Waals surface area contributed by atoms with E-state index in [0.29, 0.717) is 5.56 Å². The topological polar surface area (TPSA) is 64.6 Å². The molecule has 0 aliphatic heterocycles. The number of benzene rings is 3. The molecular weight excluding hydrogens is 378 g/mol. The van der Waals surface area contributed by atoms with E-state index in [9.17, 15) is 9.59 Å². The lowest BCUT2D eigenvalue weighted by Crippen LogP contribution is -2.47. The molecule has 1 N–H and O–H groups in total. The van der Waals surface area contributed by atoms with Gasteiger partial charge < -0.3 is 14.8 Å². The molecule has 3 rings (SSSR count). The number of amides is 1. The second kappa shape index (κ2) is 10.4. The zero-order valence-corrected chi connectivity index (χ0v) is 17.0. The van der Waals surface area contributed by atoms with Gasteiger partial charge >= 0.3 is 5.97 Å². The summed E-state index contributed by atoms with van der Waals surface area (Å²) in [7, 11) is 2.79. The second-order valence-corrected chi connectivity index (χ2v) is 6.83. The molecule has 0 aliphatic rings. The zero-order chi connectivity index (χ0) is 21.3. The van der Waals surface area contributed by atoms with Gasteiger partial charge in [0.25, 0.3) is 5.91 Å². The quantitative estimate of drug-likeness (QED) is 0.580. The first-order chi connectivity index (χ1) is 14.7. The highest BCUT2D eigenvalue weighted by atomic mass is 16.5. The number of esters is 1. The number of carbonyl (C=O) groups is 2. The molecular formula is C25H25NO4. The Kier molecular flexibility index (Phi) is 7.35. The van der Waals surface area contributed by atoms with Crippen LogP contribution in [0.2, 0.25) is 0 Å². The first-order valence-electron chi connectivity index (χ1n) is 9.71. The van der Waals surface area contributed by atoms with Crippen LogP contribution in [-0.4, -0.2) is 32.1 Å². The maximum absolute atomic E-state index is 13.1. The summed E-state index contributed by atoms with van der Waals surface area (Å²) in [4.78, 5) is 25.9. The molecule has 0 radical (unpaired) electrons. The fraction of sp³-hybridized carbons (Fsp3) is 0.200. The summed E-state index contributed by atoms with van der Waals surface area (Å²) >= 11 is 0. The molecule has 0 saturated carbocycles. The molecule has 0 fully saturated rings. The van der Waals surface area contributed by atoms with Crippen LogP contribution in [0.15, 0.2) is 91.0 Å². The highest BCUT2D eigenvalue weighted by molar-refractivity contribution is 5.88. The summed E-state index contributed by atoms with van der Waals surface area (Å²) in [6, 6.07) is 27.4. The van der Waals surface area contributed by atoms with Crippen molar-refractivity contribution < 1.29 is 19.1 Å². The Morgan fingerprint density at radius 3 is 1.53 bits per heavy atom. The average Bonchev–Trinajstić information content (AvgIpc) is 2.81. The van der Waals surface area contributed by atoms with Gasteiger partial charge in [0, 0.05) is 13.0 Å². The van der Waals surface area contributed by atoms with Gasteiger partial charge in [0.2, 0.25) is 0 Å². The van der Waals surface area contributed by atoms with Crippen molar-refractivity contribution in [3.63, 3.8) is 0 Å². The Bertz CT molecular complexity index is 905. The van der Waals surface area contributed by atoms with Gasteiger partial charge in [-0.05, 0) is 16.7 Å². The lowest BCUT2D eigenvalue weighted by molar-refractivity contribution is -0.147. The van der Waals surface area contributed by atoms with Crippen LogP contribution in [0.4, 0.5) is 0 Å². The number of hydrogen-bond donors (Lipinski definition) is 1. The molecule has 0 saturated heterocycles. The van der Waals surface area contributed by atoms with E-state index < -0.39 is 29.9 Å². The van der Waals surface area contributed by atoms with E-state index in [1.165, 1.54) is 14.2 Å². The van der Waals surface area contributed by atoms with Gasteiger partial charge in [0.15, 0.2) is 6.10 Å². The molecule has 1 amide bonds. The van der Waals surface area contributed by atoms with E-state index in [0.717, 1.165) is 11.1 Å². The van der Waals surface area contributed by atoms with Crippen LogP contribution in [0.1, 0.15) is 28.7 Å². The standard InChI is InChI=1S/C25H25NO4/c1-29-23(20-16-10-5-11-17-20)24(27)26-22(25(28)30-2)21(18-12-6-3-7-13-18)19-14-8-4-9-15-19/h3-17,21-23H,1-2H3,(H,26,27)/t22-,23-/m0/s1. The summed E-state index contributed by atoms with van der Waals surface area (Å²) in [6.07, 6.45) is -0.842. The average molecular weight is 403 g/mol. The van der Waals surface area contributed by atoms with Crippen molar-refractivity contribution in [2.75, 3.05) is 14.2 Å². The summed E-state index contributed by atoms with van der Waals surface area (Å²) < 4.78 is 10.5. The molecule has 3 aromatic rings. The molecule has 154 valence electrons. The number of rotatable bonds is 8. The summed E-state index contributed by atoms with van der Waals surface area (Å²) in [6.45, 7) is 0. The number of nitrogens with one attached hydrogen (secondary N) is 1. The van der Waals surface area contributed by atoms with E-state index in [1.54, 1.807) is 0 Å². The molecule has 0 spiro atoms. The molecule has 0 aromatic heterocycles. The van der Waals surface area contributed by atoms with Crippen molar-refractivity contribution >= 4 is 11.9 Å². The fourth-order valence-corrected chi connectivity index (χ4v) is 3.55. The lowest BCUT2D eigenvalue weighted by atomic mass is 9.84. The SMILES string of the molecule is COC(=O)[C@@H](NC(=O)[C@@H](OC)c1ccccc1)C(c1ccccc1)c1ccccc1. The van der Waals surface area contributed by atoms with Gasteiger partial charge in [-0.3, -0.25) is 4.79 Å². The van der Waals surface area contributed by atoms with E-state index in [2.05, 4.69) is 5.32 Å². The Labute approximate surface area is 176 Å². The van der Waals surface area contributed by atoms with Crippen molar-refractivity contribution in [3.05, 3.63) is 108 Å². The fourth-order valence-electron chi connectivity index (χ4n) is 3.55. The second-order valence-electron chi connectivity index (χ2n) is 6.83. The Morgan fingerprint density at radius 2 is 1.13 bits per heavy atom. The van der Waals surface area contributed by atoms with Crippen molar-refractivity contribution in [2.24, 2.45) is 0 Å². The van der Waals surface area contributed by atoms with Gasteiger partial charge in [-0.15, -0.1) is 0 Å². The minimum atomic E-state index is -0.923. The van der Waals surface area contributed by atoms with Crippen LogP contribution in [-0.2, 0) is 19.1 Å². The van der Waals surface area contributed by atoms with E-state index in [-0.39, 0.29) is 0 Å². The largest absolute Gasteiger partial charge is 0.467 e. The maximum atomic E-state index is 13.1. The van der Waals surface area contributed by atoms with E-state index in [4.69, 9.17) is 9.47 Å². The van der Waals surface area contributed by atoms with Gasteiger partial charge in [-0.2, -0.15) is 0 Å². The normalized spacial score (nSPS) is 12.8. The van der Waals surface area contributed by atoms with Crippen molar-refractivity contribution in [2.45, 2.75) is 18.1 Å². The monoisotopic (exact) mass is 403 g/mol. The van der Waals surface area contributed by atoms with Crippen LogP contribution >= 0.6 is 0 Å². The molecule has 0 heterocycles. The van der Waals surface area contributed by atoms with Crippen LogP contribution in [0.5, 0.6) is 0 Å². The molecule has 0 unspecified atom stereocenters. The van der Waals surface area contributed by atoms with Crippen molar-refractivity contribution in [1.82, 2.24) is 5.32 Å². The molecule has 30 heavy (non-hydrogen) atoms. The van der Waals surface area contributed by atoms with Crippen LogP contribution in [0.25, 0.3) is 0 Å². The minimum absolute atomic E-state index is 0.407. The van der Waals surface area contributed by atoms with E-state index in [1.807, 2.05) is 91.0 Å². The van der Waals surface area contributed by atoms with Crippen LogP contribution < -0.4 is 5.32 Å². The summed E-state index contributed by atoms with van der Waals surface area (Å²) in [5.41, 5.74) is 2.50. The highest BCUT2D eigenvalue weighted by Crippen LogP contribution is 2.29. The Balaban J connectivity index is 1.98. The Morgan fingerprint density at radius 1 is 0.700 bits per heavy atom. The molecule has 0 aliphatic carbocycles. The third kappa shape index (κ3) is 4.93.